The molecular formula is C14H21NO3. The highest BCUT2D eigenvalue weighted by molar-refractivity contribution is 5.70. The lowest BCUT2D eigenvalue weighted by Gasteiger charge is -2.23. The third kappa shape index (κ3) is 3.15. The number of hydrogen-bond donors (Lipinski definition) is 1. The highest BCUT2D eigenvalue weighted by atomic mass is 16.5. The fraction of sp³-hybridized carbons (Fsp3) is 0.500. The first-order valence-corrected chi connectivity index (χ1v) is 5.96. The van der Waals surface area contributed by atoms with Gasteiger partial charge in [0.2, 0.25) is 0 Å². The molecule has 0 radical (unpaired) electrons. The lowest BCUT2D eigenvalue weighted by molar-refractivity contribution is -0.140. The molecule has 1 aromatic carbocycles. The smallest absolute Gasteiger partial charge is 0.308 e. The Morgan fingerprint density at radius 1 is 1.39 bits per heavy atom. The van der Waals surface area contributed by atoms with Crippen LogP contribution in [0.4, 0.5) is 5.69 Å². The summed E-state index contributed by atoms with van der Waals surface area (Å²) in [7, 11) is 3.56. The van der Waals surface area contributed by atoms with E-state index in [1.807, 2.05) is 37.9 Å². The van der Waals surface area contributed by atoms with E-state index in [0.717, 1.165) is 22.6 Å². The van der Waals surface area contributed by atoms with Crippen LogP contribution in [0.2, 0.25) is 0 Å². The first-order chi connectivity index (χ1) is 8.36. The molecule has 0 amide bonds. The zero-order chi connectivity index (χ0) is 13.9. The Hall–Kier alpha value is -1.71. The molecule has 1 atom stereocenters. The van der Waals surface area contributed by atoms with Gasteiger partial charge in [-0.3, -0.25) is 4.79 Å². The minimum absolute atomic E-state index is 0.391. The van der Waals surface area contributed by atoms with Crippen molar-refractivity contribution in [1.82, 2.24) is 0 Å². The number of aryl methyl sites for hydroxylation is 2. The summed E-state index contributed by atoms with van der Waals surface area (Å²) in [5.41, 5.74) is 3.13. The number of hydrogen-bond acceptors (Lipinski definition) is 3. The van der Waals surface area contributed by atoms with Gasteiger partial charge < -0.3 is 14.7 Å². The van der Waals surface area contributed by atoms with Crippen LogP contribution in [-0.2, 0) is 4.79 Å². The Kier molecular flexibility index (Phi) is 4.59. The van der Waals surface area contributed by atoms with E-state index in [0.29, 0.717) is 6.54 Å². The van der Waals surface area contributed by atoms with E-state index in [2.05, 4.69) is 0 Å². The Morgan fingerprint density at radius 2 is 1.89 bits per heavy atom. The second-order valence-electron chi connectivity index (χ2n) is 4.73. The Bertz CT molecular complexity index is 420. The first kappa shape index (κ1) is 14.4. The van der Waals surface area contributed by atoms with Crippen LogP contribution < -0.4 is 9.64 Å². The van der Waals surface area contributed by atoms with Crippen LogP contribution in [-0.4, -0.2) is 31.8 Å². The normalized spacial score (nSPS) is 12.1. The minimum Gasteiger partial charge on any atom is -0.496 e. The van der Waals surface area contributed by atoms with Gasteiger partial charge in [-0.1, -0.05) is 6.92 Å². The van der Waals surface area contributed by atoms with Crippen LogP contribution in [0.25, 0.3) is 0 Å². The van der Waals surface area contributed by atoms with Crippen LogP contribution in [0, 0.1) is 19.8 Å². The van der Waals surface area contributed by atoms with Crippen LogP contribution in [0.1, 0.15) is 18.1 Å². The van der Waals surface area contributed by atoms with Gasteiger partial charge in [-0.05, 0) is 37.1 Å². The van der Waals surface area contributed by atoms with Crippen LogP contribution >= 0.6 is 0 Å². The molecule has 0 aliphatic carbocycles. The summed E-state index contributed by atoms with van der Waals surface area (Å²) in [4.78, 5) is 12.8. The number of ether oxygens (including phenoxy) is 1. The zero-order valence-corrected chi connectivity index (χ0v) is 11.7. The fourth-order valence-corrected chi connectivity index (χ4v) is 2.06. The van der Waals surface area contributed by atoms with Crippen molar-refractivity contribution in [3.63, 3.8) is 0 Å². The van der Waals surface area contributed by atoms with Gasteiger partial charge in [0.25, 0.3) is 0 Å². The maximum atomic E-state index is 10.9. The Morgan fingerprint density at radius 3 is 2.28 bits per heavy atom. The molecule has 1 aromatic rings. The molecule has 0 aliphatic rings. The molecule has 18 heavy (non-hydrogen) atoms. The lowest BCUT2D eigenvalue weighted by atomic mass is 10.1. The van der Waals surface area contributed by atoms with Crippen molar-refractivity contribution >= 4 is 11.7 Å². The molecule has 0 saturated carbocycles. The zero-order valence-electron chi connectivity index (χ0n) is 11.7. The Balaban J connectivity index is 2.93. The van der Waals surface area contributed by atoms with Crippen molar-refractivity contribution in [3.8, 4) is 5.75 Å². The van der Waals surface area contributed by atoms with Crippen molar-refractivity contribution < 1.29 is 14.6 Å². The van der Waals surface area contributed by atoms with Crippen molar-refractivity contribution in [2.45, 2.75) is 20.8 Å². The molecular weight excluding hydrogens is 230 g/mol. The summed E-state index contributed by atoms with van der Waals surface area (Å²) in [6.45, 7) is 6.18. The molecule has 100 valence electrons. The SMILES string of the molecule is COc1c(C)cc(N(C)CC(C)C(=O)O)cc1C. The average Bonchev–Trinajstić information content (AvgIpc) is 2.28. The van der Waals surface area contributed by atoms with E-state index < -0.39 is 11.9 Å². The summed E-state index contributed by atoms with van der Waals surface area (Å²) in [5, 5.41) is 8.92. The summed E-state index contributed by atoms with van der Waals surface area (Å²) in [6, 6.07) is 4.03. The number of rotatable bonds is 5. The number of carbonyl (C=O) groups is 1. The van der Waals surface area contributed by atoms with Gasteiger partial charge in [0.15, 0.2) is 0 Å². The largest absolute Gasteiger partial charge is 0.496 e. The van der Waals surface area contributed by atoms with Gasteiger partial charge in [0.1, 0.15) is 5.75 Å². The molecule has 0 aliphatic heterocycles. The number of carboxylic acid groups (broad SMARTS) is 1. The van der Waals surface area contributed by atoms with E-state index in [4.69, 9.17) is 9.84 Å². The van der Waals surface area contributed by atoms with E-state index in [9.17, 15) is 4.79 Å². The molecule has 0 aromatic heterocycles. The van der Waals surface area contributed by atoms with Gasteiger partial charge in [-0.25, -0.2) is 0 Å². The van der Waals surface area contributed by atoms with Crippen LogP contribution in [0.5, 0.6) is 5.75 Å². The fourth-order valence-electron chi connectivity index (χ4n) is 2.06. The molecule has 4 nitrogen and oxygen atoms in total. The molecule has 0 fully saturated rings. The highest BCUT2D eigenvalue weighted by Crippen LogP contribution is 2.28. The number of anilines is 1. The van der Waals surface area contributed by atoms with Crippen molar-refractivity contribution in [2.24, 2.45) is 5.92 Å². The van der Waals surface area contributed by atoms with E-state index >= 15 is 0 Å². The van der Waals surface area contributed by atoms with Crippen molar-refractivity contribution in [3.05, 3.63) is 23.3 Å². The standard InChI is InChI=1S/C14H21NO3/c1-9-6-12(7-10(2)13(9)18-5)15(4)8-11(3)14(16)17/h6-7,11H,8H2,1-5H3,(H,16,17). The summed E-state index contributed by atoms with van der Waals surface area (Å²) < 4.78 is 5.32. The maximum Gasteiger partial charge on any atom is 0.308 e. The number of methoxy groups -OCH3 is 1. The molecule has 0 heterocycles. The van der Waals surface area contributed by atoms with Gasteiger partial charge in [-0.2, -0.15) is 0 Å². The van der Waals surface area contributed by atoms with E-state index in [-0.39, 0.29) is 0 Å². The molecule has 1 N–H and O–H groups in total. The third-order valence-electron chi connectivity index (χ3n) is 3.06. The Labute approximate surface area is 108 Å². The maximum absolute atomic E-state index is 10.9. The van der Waals surface area contributed by atoms with Crippen molar-refractivity contribution in [1.29, 1.82) is 0 Å². The molecule has 1 unspecified atom stereocenters. The monoisotopic (exact) mass is 251 g/mol. The molecule has 0 bridgehead atoms. The summed E-state index contributed by atoms with van der Waals surface area (Å²) >= 11 is 0. The first-order valence-electron chi connectivity index (χ1n) is 5.96. The average molecular weight is 251 g/mol. The predicted molar refractivity (Wildman–Crippen MR) is 72.5 cm³/mol. The van der Waals surface area contributed by atoms with E-state index in [1.165, 1.54) is 0 Å². The highest BCUT2D eigenvalue weighted by Gasteiger charge is 2.15. The summed E-state index contributed by atoms with van der Waals surface area (Å²) in [5.74, 6) is -0.278. The van der Waals surface area contributed by atoms with Crippen LogP contribution in [0.3, 0.4) is 0 Å². The quantitative estimate of drug-likeness (QED) is 0.873. The van der Waals surface area contributed by atoms with Crippen LogP contribution in [0.15, 0.2) is 12.1 Å². The number of carboxylic acids is 1. The summed E-state index contributed by atoms with van der Waals surface area (Å²) in [6.07, 6.45) is 0. The van der Waals surface area contributed by atoms with Gasteiger partial charge in [0, 0.05) is 19.3 Å². The van der Waals surface area contributed by atoms with Crippen molar-refractivity contribution in [2.75, 3.05) is 25.6 Å². The lowest BCUT2D eigenvalue weighted by Crippen LogP contribution is -2.28. The topological polar surface area (TPSA) is 49.8 Å². The predicted octanol–water partition coefficient (Wildman–Crippen LogP) is 2.47. The molecule has 1 rings (SSSR count). The number of benzene rings is 1. The molecule has 0 spiro atoms. The van der Waals surface area contributed by atoms with Gasteiger partial charge >= 0.3 is 5.97 Å². The second kappa shape index (κ2) is 5.76. The second-order valence-corrected chi connectivity index (χ2v) is 4.73. The van der Waals surface area contributed by atoms with Gasteiger partial charge in [0.05, 0.1) is 13.0 Å². The number of aliphatic carboxylic acids is 1. The third-order valence-corrected chi connectivity index (χ3v) is 3.06. The number of nitrogens with zero attached hydrogens (tertiary/aromatic N) is 1. The molecule has 4 heteroatoms. The van der Waals surface area contributed by atoms with E-state index in [1.54, 1.807) is 14.0 Å². The minimum atomic E-state index is -0.774. The van der Waals surface area contributed by atoms with Gasteiger partial charge in [-0.15, -0.1) is 0 Å². The molecule has 0 saturated heterocycles.